The molecule has 0 saturated carbocycles. The van der Waals surface area contributed by atoms with Gasteiger partial charge in [0.2, 0.25) is 0 Å². The molecule has 3 rings (SSSR count). The fourth-order valence-corrected chi connectivity index (χ4v) is 4.50. The Hall–Kier alpha value is -6.72. The third kappa shape index (κ3) is 14.7. The molecular formula is C37H40O18. The molecule has 0 aliphatic heterocycles. The molecule has 0 heterocycles. The van der Waals surface area contributed by atoms with Crippen LogP contribution in [0.2, 0.25) is 0 Å². The van der Waals surface area contributed by atoms with E-state index < -0.39 is 61.6 Å². The van der Waals surface area contributed by atoms with Crippen molar-refractivity contribution in [1.29, 1.82) is 0 Å². The summed E-state index contributed by atoms with van der Waals surface area (Å²) in [4.78, 5) is 101. The molecule has 3 aromatic carbocycles. The Morgan fingerprint density at radius 2 is 0.691 bits per heavy atom. The maximum absolute atomic E-state index is 12.4. The second kappa shape index (κ2) is 22.4. The Bertz CT molecular complexity index is 1510. The van der Waals surface area contributed by atoms with Gasteiger partial charge in [0.05, 0.1) is 41.9 Å². The van der Waals surface area contributed by atoms with Crippen LogP contribution >= 0.6 is 0 Å². The largest absolute Gasteiger partial charge is 0.549 e. The molecule has 0 aliphatic carbocycles. The molecule has 0 unspecified atom stereocenters. The molecule has 18 heteroatoms. The lowest BCUT2D eigenvalue weighted by molar-refractivity contribution is -0.217. The molecule has 0 aromatic heterocycles. The minimum atomic E-state index is -1.54. The standard InChI is InChI=1S/C37H40O18/c1-5-21-37(22-47-34(41)53-50-31(38)25-9-15-28(16-10-25)44-6-2,23-48-35(42)54-51-32(39)26-11-17-29(18-12-26)45-7-3)24-49-36(43)55-52-33(40)27-13-19-30(20-14-27)46-8-4/h9-20H,5-8,21-24H2,1-4H3. The van der Waals surface area contributed by atoms with E-state index in [9.17, 15) is 28.8 Å². The maximum Gasteiger partial charge on any atom is 0.549 e. The summed E-state index contributed by atoms with van der Waals surface area (Å²) in [6, 6.07) is 17.3. The molecule has 0 saturated heterocycles. The van der Waals surface area contributed by atoms with E-state index in [0.29, 0.717) is 43.5 Å². The minimum Gasteiger partial charge on any atom is -0.494 e. The molecule has 0 spiro atoms. The van der Waals surface area contributed by atoms with E-state index in [4.69, 9.17) is 28.4 Å². The van der Waals surface area contributed by atoms with E-state index in [1.807, 2.05) is 0 Å². The van der Waals surface area contributed by atoms with Crippen molar-refractivity contribution < 1.29 is 86.5 Å². The average Bonchev–Trinajstić information content (AvgIpc) is 3.19. The van der Waals surface area contributed by atoms with Crippen LogP contribution in [0, 0.1) is 5.41 Å². The maximum atomic E-state index is 12.4. The van der Waals surface area contributed by atoms with Gasteiger partial charge in [0.15, 0.2) is 0 Å². The van der Waals surface area contributed by atoms with Gasteiger partial charge >= 0.3 is 36.4 Å². The van der Waals surface area contributed by atoms with Crippen molar-refractivity contribution in [3.8, 4) is 17.2 Å². The summed E-state index contributed by atoms with van der Waals surface area (Å²) in [5, 5.41) is 0. The van der Waals surface area contributed by atoms with Crippen LogP contribution in [0.1, 0.15) is 71.6 Å². The van der Waals surface area contributed by atoms with Gasteiger partial charge in [0.25, 0.3) is 0 Å². The van der Waals surface area contributed by atoms with Crippen LogP contribution in [-0.2, 0) is 43.5 Å². The Balaban J connectivity index is 1.62. The first kappa shape index (κ1) is 42.7. The highest BCUT2D eigenvalue weighted by atomic mass is 17.2. The number of carbonyl (C=O) groups excluding carboxylic acids is 6. The first-order valence-corrected chi connectivity index (χ1v) is 16.9. The smallest absolute Gasteiger partial charge is 0.494 e. The molecule has 0 fully saturated rings. The normalized spacial score (nSPS) is 10.5. The molecule has 55 heavy (non-hydrogen) atoms. The van der Waals surface area contributed by atoms with E-state index in [1.54, 1.807) is 27.7 Å². The second-order valence-electron chi connectivity index (χ2n) is 11.1. The lowest BCUT2D eigenvalue weighted by atomic mass is 9.86. The summed E-state index contributed by atoms with van der Waals surface area (Å²) in [5.74, 6) is -1.59. The van der Waals surface area contributed by atoms with Crippen LogP contribution in [0.15, 0.2) is 72.8 Å². The lowest BCUT2D eigenvalue weighted by Gasteiger charge is -2.30. The Morgan fingerprint density at radius 1 is 0.418 bits per heavy atom. The van der Waals surface area contributed by atoms with E-state index >= 15 is 0 Å². The molecule has 0 bridgehead atoms. The van der Waals surface area contributed by atoms with E-state index in [-0.39, 0.29) is 23.1 Å². The van der Waals surface area contributed by atoms with Crippen LogP contribution in [0.4, 0.5) is 14.4 Å². The third-order valence-corrected chi connectivity index (χ3v) is 7.03. The fourth-order valence-electron chi connectivity index (χ4n) is 4.50. The van der Waals surface area contributed by atoms with Gasteiger partial charge in [-0.1, -0.05) is 13.3 Å². The topological polar surface area (TPSA) is 213 Å². The second-order valence-corrected chi connectivity index (χ2v) is 11.1. The summed E-state index contributed by atoms with van der Waals surface area (Å²) in [7, 11) is 0. The summed E-state index contributed by atoms with van der Waals surface area (Å²) >= 11 is 0. The molecule has 0 aliphatic rings. The fraction of sp³-hybridized carbons (Fsp3) is 0.351. The van der Waals surface area contributed by atoms with Gasteiger partial charge in [-0.15, -0.1) is 0 Å². The highest BCUT2D eigenvalue weighted by Gasteiger charge is 2.37. The van der Waals surface area contributed by atoms with E-state index in [1.165, 1.54) is 72.8 Å². The van der Waals surface area contributed by atoms with Gasteiger partial charge in [-0.05, 0) is 100.0 Å². The van der Waals surface area contributed by atoms with Crippen LogP contribution in [0.3, 0.4) is 0 Å². The summed E-state index contributed by atoms with van der Waals surface area (Å²) in [6.45, 7) is 6.30. The number of hydrogen-bond acceptors (Lipinski definition) is 18. The monoisotopic (exact) mass is 772 g/mol. The minimum absolute atomic E-state index is 0.0295. The van der Waals surface area contributed by atoms with Gasteiger partial charge in [0, 0.05) is 0 Å². The zero-order valence-corrected chi connectivity index (χ0v) is 30.4. The third-order valence-electron chi connectivity index (χ3n) is 7.03. The van der Waals surface area contributed by atoms with Crippen molar-refractivity contribution in [2.24, 2.45) is 5.41 Å². The van der Waals surface area contributed by atoms with Gasteiger partial charge in [-0.25, -0.2) is 43.7 Å². The van der Waals surface area contributed by atoms with Crippen LogP contribution in [0.5, 0.6) is 17.2 Å². The van der Waals surface area contributed by atoms with Crippen LogP contribution < -0.4 is 14.2 Å². The van der Waals surface area contributed by atoms with Gasteiger partial charge in [-0.3, -0.25) is 0 Å². The number of carbonyl (C=O) groups is 6. The van der Waals surface area contributed by atoms with E-state index in [0.717, 1.165) is 0 Å². The van der Waals surface area contributed by atoms with Gasteiger partial charge < -0.3 is 28.4 Å². The summed E-state index contributed by atoms with van der Waals surface area (Å²) < 4.78 is 31.3. The summed E-state index contributed by atoms with van der Waals surface area (Å²) in [6.07, 6.45) is -4.08. The van der Waals surface area contributed by atoms with E-state index in [2.05, 4.69) is 29.3 Å². The molecule has 0 atom stereocenters. The van der Waals surface area contributed by atoms with Crippen molar-refractivity contribution in [3.05, 3.63) is 89.5 Å². The SMILES string of the molecule is CCCC(COC(=O)OOC(=O)c1ccc(OCC)cc1)(COC(=O)OOC(=O)c1ccc(OCC)cc1)COC(=O)OOC(=O)c1ccc(OCC)cc1. The van der Waals surface area contributed by atoms with Crippen LogP contribution in [-0.4, -0.2) is 76.0 Å². The Labute approximate surface area is 315 Å². The highest BCUT2D eigenvalue weighted by molar-refractivity contribution is 5.90. The number of benzene rings is 3. The van der Waals surface area contributed by atoms with Crippen molar-refractivity contribution in [1.82, 2.24) is 0 Å². The zero-order valence-electron chi connectivity index (χ0n) is 30.4. The van der Waals surface area contributed by atoms with Crippen molar-refractivity contribution in [3.63, 3.8) is 0 Å². The number of hydrogen-bond donors (Lipinski definition) is 0. The molecule has 18 nitrogen and oxygen atoms in total. The number of ether oxygens (including phenoxy) is 6. The zero-order chi connectivity index (χ0) is 40.1. The van der Waals surface area contributed by atoms with Crippen molar-refractivity contribution >= 4 is 36.4 Å². The Kier molecular flexibility index (Phi) is 17.4. The molecule has 0 amide bonds. The van der Waals surface area contributed by atoms with Gasteiger partial charge in [-0.2, -0.15) is 14.4 Å². The first-order valence-electron chi connectivity index (χ1n) is 16.9. The predicted molar refractivity (Wildman–Crippen MR) is 184 cm³/mol. The molecule has 0 N–H and O–H groups in total. The molecule has 296 valence electrons. The summed E-state index contributed by atoms with van der Waals surface area (Å²) in [5.41, 5.74) is -1.45. The van der Waals surface area contributed by atoms with Gasteiger partial charge in [0.1, 0.15) is 37.1 Å². The highest BCUT2D eigenvalue weighted by Crippen LogP contribution is 2.27. The Morgan fingerprint density at radius 3 is 0.927 bits per heavy atom. The van der Waals surface area contributed by atoms with Crippen molar-refractivity contribution in [2.75, 3.05) is 39.6 Å². The van der Waals surface area contributed by atoms with Crippen molar-refractivity contribution in [2.45, 2.75) is 40.5 Å². The lowest BCUT2D eigenvalue weighted by Crippen LogP contribution is -2.40. The molecule has 3 aromatic rings. The molecule has 0 radical (unpaired) electrons. The van der Waals surface area contributed by atoms with Crippen LogP contribution in [0.25, 0.3) is 0 Å². The average molecular weight is 773 g/mol. The molecular weight excluding hydrogens is 732 g/mol. The first-order chi connectivity index (χ1) is 26.5. The predicted octanol–water partition coefficient (Wildman–Crippen LogP) is 6.74. The number of rotatable bonds is 17. The quantitative estimate of drug-likeness (QED) is 0.0601.